The molecule has 4 rings (SSSR count). The van der Waals surface area contributed by atoms with E-state index in [4.69, 9.17) is 0 Å². The van der Waals surface area contributed by atoms with Crippen molar-refractivity contribution in [3.8, 4) is 45.3 Å². The lowest BCUT2D eigenvalue weighted by Crippen LogP contribution is -2.06. The normalized spacial score (nSPS) is 11.5. The topological polar surface area (TPSA) is 115 Å². The summed E-state index contributed by atoms with van der Waals surface area (Å²) < 4.78 is 27.8. The molecule has 0 aliphatic carbocycles. The lowest BCUT2D eigenvalue weighted by Gasteiger charge is -2.17. The molecule has 7 heteroatoms. The van der Waals surface area contributed by atoms with Crippen LogP contribution in [-0.2, 0) is 9.84 Å². The third-order valence-electron chi connectivity index (χ3n) is 5.50. The number of rotatable bonds is 4. The molecule has 0 amide bonds. The molecule has 168 valence electrons. The van der Waals surface area contributed by atoms with Gasteiger partial charge in [0.1, 0.15) is 0 Å². The van der Waals surface area contributed by atoms with Crippen molar-refractivity contribution < 1.29 is 28.8 Å². The summed E-state index contributed by atoms with van der Waals surface area (Å²) >= 11 is 0. The van der Waals surface area contributed by atoms with Crippen LogP contribution in [0.1, 0.15) is 11.1 Å². The zero-order valence-electron chi connectivity index (χ0n) is 17.9. The second-order valence-electron chi connectivity index (χ2n) is 7.85. The van der Waals surface area contributed by atoms with Gasteiger partial charge in [-0.25, -0.2) is 8.42 Å². The van der Waals surface area contributed by atoms with E-state index in [2.05, 4.69) is 0 Å². The van der Waals surface area contributed by atoms with Crippen LogP contribution in [0, 0.1) is 13.8 Å². The maximum atomic E-state index is 13.9. The average Bonchev–Trinajstić information content (AvgIpc) is 2.78. The second kappa shape index (κ2) is 8.18. The molecular weight excluding hydrogens is 440 g/mol. The molecule has 4 aromatic carbocycles. The summed E-state index contributed by atoms with van der Waals surface area (Å²) in [4.78, 5) is -0.500. The number of benzene rings is 4. The molecule has 0 saturated heterocycles. The summed E-state index contributed by atoms with van der Waals surface area (Å²) in [6.07, 6.45) is 0. The maximum absolute atomic E-state index is 13.9. The molecule has 0 heterocycles. The average molecular weight is 463 g/mol. The van der Waals surface area contributed by atoms with E-state index in [0.717, 1.165) is 23.3 Å². The van der Waals surface area contributed by atoms with Crippen molar-refractivity contribution >= 4 is 9.84 Å². The van der Waals surface area contributed by atoms with E-state index >= 15 is 0 Å². The van der Waals surface area contributed by atoms with Crippen molar-refractivity contribution in [1.29, 1.82) is 0 Å². The third-order valence-corrected chi connectivity index (χ3v) is 7.33. The van der Waals surface area contributed by atoms with E-state index in [9.17, 15) is 28.8 Å². The van der Waals surface area contributed by atoms with Crippen molar-refractivity contribution in [3.05, 3.63) is 83.9 Å². The van der Waals surface area contributed by atoms with Crippen LogP contribution in [0.3, 0.4) is 0 Å². The zero-order chi connectivity index (χ0) is 23.9. The van der Waals surface area contributed by atoms with Gasteiger partial charge < -0.3 is 20.4 Å². The summed E-state index contributed by atoms with van der Waals surface area (Å²) in [5.74, 6) is -2.06. The number of hydrogen-bond donors (Lipinski definition) is 4. The van der Waals surface area contributed by atoms with Gasteiger partial charge in [0.2, 0.25) is 9.84 Å². The predicted molar refractivity (Wildman–Crippen MR) is 125 cm³/mol. The van der Waals surface area contributed by atoms with Crippen LogP contribution in [-0.4, -0.2) is 28.8 Å². The number of aryl methyl sites for hydroxylation is 2. The molecule has 0 atom stereocenters. The predicted octanol–water partition coefficient (Wildman–Crippen LogP) is 5.29. The SMILES string of the molecule is Cc1ccc(-c2c(S(=O)(=O)c3ccc(O)c(O)c3-c3ccc(C)cc3)ccc(O)c2O)cc1. The minimum absolute atomic E-state index is 0.0579. The van der Waals surface area contributed by atoms with E-state index < -0.39 is 32.8 Å². The fraction of sp³-hybridized carbons (Fsp3) is 0.0769. The fourth-order valence-electron chi connectivity index (χ4n) is 3.69. The van der Waals surface area contributed by atoms with Gasteiger partial charge in [-0.3, -0.25) is 0 Å². The zero-order valence-corrected chi connectivity index (χ0v) is 18.8. The minimum Gasteiger partial charge on any atom is -0.504 e. The Labute approximate surface area is 191 Å². The van der Waals surface area contributed by atoms with Crippen LogP contribution in [0.25, 0.3) is 22.3 Å². The summed E-state index contributed by atoms with van der Waals surface area (Å²) in [6, 6.07) is 18.3. The Morgan fingerprint density at radius 3 is 1.18 bits per heavy atom. The van der Waals surface area contributed by atoms with Gasteiger partial charge in [0.25, 0.3) is 0 Å². The first-order chi connectivity index (χ1) is 15.6. The second-order valence-corrected chi connectivity index (χ2v) is 9.73. The Morgan fingerprint density at radius 1 is 0.515 bits per heavy atom. The van der Waals surface area contributed by atoms with E-state index in [0.29, 0.717) is 11.1 Å². The van der Waals surface area contributed by atoms with Crippen LogP contribution in [0.2, 0.25) is 0 Å². The summed E-state index contributed by atoms with van der Waals surface area (Å²) in [5, 5.41) is 41.4. The molecule has 0 aliphatic heterocycles. The Kier molecular flexibility index (Phi) is 5.51. The number of hydrogen-bond acceptors (Lipinski definition) is 6. The lowest BCUT2D eigenvalue weighted by atomic mass is 10.0. The highest BCUT2D eigenvalue weighted by Gasteiger charge is 2.30. The Balaban J connectivity index is 2.03. The molecule has 33 heavy (non-hydrogen) atoms. The van der Waals surface area contributed by atoms with Gasteiger partial charge in [0.05, 0.1) is 9.79 Å². The van der Waals surface area contributed by atoms with Crippen LogP contribution < -0.4 is 0 Å². The minimum atomic E-state index is -4.34. The molecule has 0 radical (unpaired) electrons. The van der Waals surface area contributed by atoms with Crippen molar-refractivity contribution in [2.24, 2.45) is 0 Å². The van der Waals surface area contributed by atoms with E-state index in [1.54, 1.807) is 48.5 Å². The van der Waals surface area contributed by atoms with Crippen LogP contribution in [0.15, 0.2) is 82.6 Å². The summed E-state index contributed by atoms with van der Waals surface area (Å²) in [5.41, 5.74) is 2.55. The maximum Gasteiger partial charge on any atom is 0.208 e. The molecule has 0 spiro atoms. The van der Waals surface area contributed by atoms with Gasteiger partial charge in [0, 0.05) is 11.1 Å². The highest BCUT2D eigenvalue weighted by Crippen LogP contribution is 2.47. The quantitative estimate of drug-likeness (QED) is 0.306. The number of aromatic hydroxyl groups is 4. The molecule has 4 N–H and O–H groups in total. The Morgan fingerprint density at radius 2 is 0.848 bits per heavy atom. The van der Waals surface area contributed by atoms with E-state index in [1.165, 1.54) is 12.1 Å². The van der Waals surface area contributed by atoms with Crippen LogP contribution in [0.4, 0.5) is 0 Å². The lowest BCUT2D eigenvalue weighted by molar-refractivity contribution is 0.403. The van der Waals surface area contributed by atoms with E-state index in [-0.39, 0.29) is 20.9 Å². The summed E-state index contributed by atoms with van der Waals surface area (Å²) in [6.45, 7) is 3.74. The Hall–Kier alpha value is -3.97. The number of phenols is 4. The van der Waals surface area contributed by atoms with Crippen molar-refractivity contribution in [2.45, 2.75) is 23.6 Å². The Bertz CT molecular complexity index is 1350. The first-order valence-electron chi connectivity index (χ1n) is 10.1. The van der Waals surface area contributed by atoms with Crippen molar-refractivity contribution in [2.75, 3.05) is 0 Å². The van der Waals surface area contributed by atoms with E-state index in [1.807, 2.05) is 13.8 Å². The standard InChI is InChI=1S/C26H22O6S/c1-15-3-7-17(8-4-15)23-21(13-11-19(27)25(23)29)33(31,32)22-14-12-20(28)26(30)24(22)18-9-5-16(2)6-10-18/h3-14,27-30H,1-2H3. The molecule has 0 saturated carbocycles. The third kappa shape index (κ3) is 3.87. The van der Waals surface area contributed by atoms with Gasteiger partial charge >= 0.3 is 0 Å². The van der Waals surface area contributed by atoms with Crippen LogP contribution >= 0.6 is 0 Å². The van der Waals surface area contributed by atoms with Gasteiger partial charge in [0.15, 0.2) is 23.0 Å². The van der Waals surface area contributed by atoms with Gasteiger partial charge in [-0.15, -0.1) is 0 Å². The highest BCUT2D eigenvalue weighted by atomic mass is 32.2. The molecule has 0 aliphatic rings. The first-order valence-corrected chi connectivity index (χ1v) is 11.6. The molecule has 0 fully saturated rings. The fourth-order valence-corrected chi connectivity index (χ4v) is 5.39. The molecule has 6 nitrogen and oxygen atoms in total. The molecule has 0 unspecified atom stereocenters. The molecule has 0 aromatic heterocycles. The number of sulfone groups is 1. The van der Waals surface area contributed by atoms with Crippen molar-refractivity contribution in [1.82, 2.24) is 0 Å². The van der Waals surface area contributed by atoms with Gasteiger partial charge in [-0.2, -0.15) is 0 Å². The molecular formula is C26H22O6S. The monoisotopic (exact) mass is 462 g/mol. The smallest absolute Gasteiger partial charge is 0.208 e. The van der Waals surface area contributed by atoms with Crippen molar-refractivity contribution in [3.63, 3.8) is 0 Å². The largest absolute Gasteiger partial charge is 0.504 e. The first kappa shape index (κ1) is 22.2. The van der Waals surface area contributed by atoms with Gasteiger partial charge in [-0.1, -0.05) is 59.7 Å². The van der Waals surface area contributed by atoms with Gasteiger partial charge in [-0.05, 0) is 49.2 Å². The van der Waals surface area contributed by atoms with Crippen LogP contribution in [0.5, 0.6) is 23.0 Å². The highest BCUT2D eigenvalue weighted by molar-refractivity contribution is 7.91. The molecule has 4 aromatic rings. The summed E-state index contributed by atoms with van der Waals surface area (Å²) in [7, 11) is -4.34. The number of phenolic OH excluding ortho intramolecular Hbond substituents is 4. The molecule has 0 bridgehead atoms.